The number of nitrogens with one attached hydrogen (secondary N) is 1. The number of nitrogens with zero attached hydrogens (tertiary/aromatic N) is 1. The highest BCUT2D eigenvalue weighted by Gasteiger charge is 2.13. The molecule has 20 heavy (non-hydrogen) atoms. The average molecular weight is 309 g/mol. The molecule has 106 valence electrons. The minimum atomic E-state index is -0.215. The molecule has 0 fully saturated rings. The van der Waals surface area contributed by atoms with Gasteiger partial charge in [0.05, 0.1) is 5.69 Å². The van der Waals surface area contributed by atoms with Crippen LogP contribution in [-0.4, -0.2) is 16.8 Å². The Bertz CT molecular complexity index is 580. The molecule has 1 unspecified atom stereocenters. The van der Waals surface area contributed by atoms with Gasteiger partial charge in [0.1, 0.15) is 0 Å². The third-order valence-corrected chi connectivity index (χ3v) is 4.29. The predicted octanol–water partition coefficient (Wildman–Crippen LogP) is 4.19. The highest BCUT2D eigenvalue weighted by molar-refractivity contribution is 7.14. The quantitative estimate of drug-likeness (QED) is 0.842. The third-order valence-electron chi connectivity index (χ3n) is 3.07. The fourth-order valence-corrected chi connectivity index (χ4v) is 2.54. The number of hydrogen-bond acceptors (Lipinski definition) is 3. The lowest BCUT2D eigenvalue weighted by Crippen LogP contribution is -2.21. The Morgan fingerprint density at radius 3 is 2.70 bits per heavy atom. The van der Waals surface area contributed by atoms with E-state index in [1.54, 1.807) is 6.92 Å². The van der Waals surface area contributed by atoms with Crippen molar-refractivity contribution in [2.75, 3.05) is 11.2 Å². The molecule has 0 aliphatic carbocycles. The first-order valence-corrected chi connectivity index (χ1v) is 7.97. The van der Waals surface area contributed by atoms with E-state index in [2.05, 4.69) is 41.5 Å². The maximum Gasteiger partial charge on any atom is 0.230 e. The van der Waals surface area contributed by atoms with Crippen LogP contribution in [0.25, 0.3) is 11.3 Å². The van der Waals surface area contributed by atoms with Gasteiger partial charge in [0.2, 0.25) is 5.91 Å². The summed E-state index contributed by atoms with van der Waals surface area (Å²) in [5.74, 6) is -0.00203. The van der Waals surface area contributed by atoms with Gasteiger partial charge in [-0.25, -0.2) is 4.98 Å². The van der Waals surface area contributed by atoms with E-state index >= 15 is 0 Å². The zero-order valence-electron chi connectivity index (χ0n) is 11.5. The summed E-state index contributed by atoms with van der Waals surface area (Å²) >= 11 is 7.09. The van der Waals surface area contributed by atoms with Crippen LogP contribution in [0.4, 0.5) is 5.13 Å². The van der Waals surface area contributed by atoms with Crippen LogP contribution in [0.5, 0.6) is 0 Å². The minimum Gasteiger partial charge on any atom is -0.302 e. The van der Waals surface area contributed by atoms with E-state index in [0.717, 1.165) is 17.7 Å². The fraction of sp³-hybridized carbons (Fsp3) is 0.333. The minimum absolute atomic E-state index is 0.0952. The number of thiazole rings is 1. The van der Waals surface area contributed by atoms with Crippen molar-refractivity contribution in [2.24, 2.45) is 5.92 Å². The maximum absolute atomic E-state index is 11.7. The van der Waals surface area contributed by atoms with Gasteiger partial charge in [-0.05, 0) is 12.0 Å². The molecule has 2 aromatic rings. The lowest BCUT2D eigenvalue weighted by Gasteiger charge is -2.05. The van der Waals surface area contributed by atoms with Crippen molar-refractivity contribution in [3.8, 4) is 11.3 Å². The molecule has 0 saturated carbocycles. The predicted molar refractivity (Wildman–Crippen MR) is 85.4 cm³/mol. The van der Waals surface area contributed by atoms with Gasteiger partial charge in [-0.3, -0.25) is 4.79 Å². The molecule has 0 spiro atoms. The summed E-state index contributed by atoms with van der Waals surface area (Å²) in [5.41, 5.74) is 3.24. The molecule has 0 aliphatic rings. The van der Waals surface area contributed by atoms with Crippen molar-refractivity contribution in [1.29, 1.82) is 0 Å². The molecule has 0 bridgehead atoms. The molecule has 0 radical (unpaired) electrons. The number of halogens is 1. The zero-order valence-corrected chi connectivity index (χ0v) is 13.1. The van der Waals surface area contributed by atoms with Gasteiger partial charge in [-0.2, -0.15) is 0 Å². The maximum atomic E-state index is 11.7. The van der Waals surface area contributed by atoms with Crippen molar-refractivity contribution in [1.82, 2.24) is 4.98 Å². The van der Waals surface area contributed by atoms with Crippen molar-refractivity contribution in [2.45, 2.75) is 20.3 Å². The van der Waals surface area contributed by atoms with Gasteiger partial charge in [0.25, 0.3) is 0 Å². The molecule has 2 rings (SSSR count). The van der Waals surface area contributed by atoms with Crippen molar-refractivity contribution < 1.29 is 4.79 Å². The molecule has 1 heterocycles. The van der Waals surface area contributed by atoms with Gasteiger partial charge in [0, 0.05) is 22.7 Å². The largest absolute Gasteiger partial charge is 0.302 e. The van der Waals surface area contributed by atoms with E-state index in [1.807, 2.05) is 5.38 Å². The molecule has 3 nitrogen and oxygen atoms in total. The van der Waals surface area contributed by atoms with Gasteiger partial charge in [0.15, 0.2) is 5.13 Å². The Kier molecular flexibility index (Phi) is 5.15. The zero-order chi connectivity index (χ0) is 14.5. The summed E-state index contributed by atoms with van der Waals surface area (Å²) in [4.78, 5) is 16.2. The Balaban J connectivity index is 2.10. The second kappa shape index (κ2) is 6.86. The van der Waals surface area contributed by atoms with E-state index in [0.29, 0.717) is 11.0 Å². The first-order chi connectivity index (χ1) is 9.63. The lowest BCUT2D eigenvalue weighted by molar-refractivity contribution is -0.118. The summed E-state index contributed by atoms with van der Waals surface area (Å²) < 4.78 is 0. The molecule has 1 atom stereocenters. The number of carbonyl (C=O) groups is 1. The molecular weight excluding hydrogens is 292 g/mol. The normalized spacial score (nSPS) is 12.2. The molecule has 5 heteroatoms. The van der Waals surface area contributed by atoms with Crippen LogP contribution in [-0.2, 0) is 11.2 Å². The number of carbonyl (C=O) groups excluding carboxylic acids is 1. The number of rotatable bonds is 5. The molecule has 0 saturated heterocycles. The number of alkyl halides is 1. The van der Waals surface area contributed by atoms with Crippen LogP contribution in [0.2, 0.25) is 0 Å². The van der Waals surface area contributed by atoms with Crippen LogP contribution >= 0.6 is 22.9 Å². The fourth-order valence-electron chi connectivity index (χ4n) is 1.67. The first kappa shape index (κ1) is 15.0. The second-order valence-electron chi connectivity index (χ2n) is 4.63. The number of hydrogen-bond donors (Lipinski definition) is 1. The molecule has 1 amide bonds. The smallest absolute Gasteiger partial charge is 0.230 e. The SMILES string of the molecule is CCc1ccc(-c2csc(NC(=O)C(C)CCl)n2)cc1. The Morgan fingerprint density at radius 2 is 2.10 bits per heavy atom. The van der Waals surface area contributed by atoms with Crippen LogP contribution in [0.15, 0.2) is 29.6 Å². The van der Waals surface area contributed by atoms with E-state index in [1.165, 1.54) is 16.9 Å². The van der Waals surface area contributed by atoms with Gasteiger partial charge in [-0.1, -0.05) is 38.1 Å². The highest BCUT2D eigenvalue weighted by atomic mass is 35.5. The summed E-state index contributed by atoms with van der Waals surface area (Å²) in [6, 6.07) is 8.31. The number of aromatic nitrogens is 1. The highest BCUT2D eigenvalue weighted by Crippen LogP contribution is 2.25. The number of benzene rings is 1. The third kappa shape index (κ3) is 3.58. The summed E-state index contributed by atoms with van der Waals surface area (Å²) in [7, 11) is 0. The summed E-state index contributed by atoms with van der Waals surface area (Å²) in [5, 5.41) is 5.35. The second-order valence-corrected chi connectivity index (χ2v) is 5.80. The molecule has 1 N–H and O–H groups in total. The molecule has 1 aromatic heterocycles. The topological polar surface area (TPSA) is 42.0 Å². The Hall–Kier alpha value is -1.39. The van der Waals surface area contributed by atoms with E-state index in [4.69, 9.17) is 11.6 Å². The van der Waals surface area contributed by atoms with Crippen LogP contribution in [0.1, 0.15) is 19.4 Å². The van der Waals surface area contributed by atoms with Gasteiger partial charge in [-0.15, -0.1) is 22.9 Å². The standard InChI is InChI=1S/C15H17ClN2OS/c1-3-11-4-6-12(7-5-11)13-9-20-15(17-13)18-14(19)10(2)8-16/h4-7,9-10H,3,8H2,1-2H3,(H,17,18,19). The van der Waals surface area contributed by atoms with Crippen LogP contribution < -0.4 is 5.32 Å². The van der Waals surface area contributed by atoms with Gasteiger partial charge < -0.3 is 5.32 Å². The van der Waals surface area contributed by atoms with Gasteiger partial charge >= 0.3 is 0 Å². The molecular formula is C15H17ClN2OS. The van der Waals surface area contributed by atoms with Crippen LogP contribution in [0, 0.1) is 5.92 Å². The van der Waals surface area contributed by atoms with Crippen molar-refractivity contribution >= 4 is 34.0 Å². The molecule has 1 aromatic carbocycles. The Labute approximate surface area is 128 Å². The monoisotopic (exact) mass is 308 g/mol. The Morgan fingerprint density at radius 1 is 1.40 bits per heavy atom. The number of amides is 1. The summed E-state index contributed by atoms with van der Waals surface area (Å²) in [6.07, 6.45) is 1.02. The van der Waals surface area contributed by atoms with Crippen molar-refractivity contribution in [3.05, 3.63) is 35.2 Å². The summed E-state index contributed by atoms with van der Waals surface area (Å²) in [6.45, 7) is 3.92. The lowest BCUT2D eigenvalue weighted by atomic mass is 10.1. The number of aryl methyl sites for hydroxylation is 1. The van der Waals surface area contributed by atoms with Crippen LogP contribution in [0.3, 0.4) is 0 Å². The van der Waals surface area contributed by atoms with Crippen molar-refractivity contribution in [3.63, 3.8) is 0 Å². The molecule has 0 aliphatic heterocycles. The van der Waals surface area contributed by atoms with E-state index in [-0.39, 0.29) is 11.8 Å². The first-order valence-electron chi connectivity index (χ1n) is 6.55. The number of anilines is 1. The van der Waals surface area contributed by atoms with E-state index in [9.17, 15) is 4.79 Å². The van der Waals surface area contributed by atoms with E-state index < -0.39 is 0 Å². The average Bonchev–Trinajstić information content (AvgIpc) is 2.94.